The fraction of sp³-hybridized carbons (Fsp3) is 0.364. The Hall–Kier alpha value is -2.28. The molecular weight excluding hydrogens is 427 g/mol. The molecule has 0 aliphatic carbocycles. The van der Waals surface area contributed by atoms with Crippen molar-refractivity contribution in [3.8, 4) is 11.5 Å². The van der Waals surface area contributed by atoms with Gasteiger partial charge in [0.1, 0.15) is 5.75 Å². The Kier molecular flexibility index (Phi) is 8.96. The Balaban J connectivity index is 0.00000320. The molecule has 162 valence electrons. The van der Waals surface area contributed by atoms with Crippen LogP contribution in [-0.2, 0) is 4.79 Å². The summed E-state index contributed by atoms with van der Waals surface area (Å²) in [5.74, 6) is 1.00. The van der Waals surface area contributed by atoms with Crippen molar-refractivity contribution in [3.63, 3.8) is 0 Å². The van der Waals surface area contributed by atoms with Gasteiger partial charge in [-0.15, -0.1) is 12.4 Å². The third-order valence-electron chi connectivity index (χ3n) is 4.59. The molecule has 0 spiro atoms. The van der Waals surface area contributed by atoms with Crippen LogP contribution in [0.3, 0.4) is 0 Å². The first kappa shape index (κ1) is 24.0. The van der Waals surface area contributed by atoms with Gasteiger partial charge in [-0.2, -0.15) is 0 Å². The van der Waals surface area contributed by atoms with Gasteiger partial charge in [0.25, 0.3) is 5.91 Å². The Morgan fingerprint density at radius 3 is 2.67 bits per heavy atom. The minimum atomic E-state index is -0.161. The standard InChI is InChI=1S/C22H25ClN2O4.ClH/c1-24(2)11-9-20(26)18-13-16(23)14-19-22(18)29-15-21(27)25(19)10-6-12-28-17-7-4-3-5-8-17;/h3-5,7-8,13-14H,6,9-12,15H2,1-2H3;1H. The van der Waals surface area contributed by atoms with Crippen molar-refractivity contribution in [3.05, 3.63) is 53.1 Å². The normalized spacial score (nSPS) is 12.8. The number of nitrogens with zero attached hydrogens (tertiary/aromatic N) is 2. The van der Waals surface area contributed by atoms with Gasteiger partial charge in [-0.05, 0) is 44.8 Å². The summed E-state index contributed by atoms with van der Waals surface area (Å²) in [5.41, 5.74) is 0.967. The molecule has 0 radical (unpaired) electrons. The molecule has 1 aliphatic heterocycles. The zero-order chi connectivity index (χ0) is 20.8. The predicted octanol–water partition coefficient (Wildman–Crippen LogP) is 4.09. The summed E-state index contributed by atoms with van der Waals surface area (Å²) in [6, 6.07) is 12.8. The van der Waals surface area contributed by atoms with Crippen LogP contribution in [-0.4, -0.2) is 57.0 Å². The van der Waals surface area contributed by atoms with Gasteiger partial charge in [-0.1, -0.05) is 29.8 Å². The summed E-state index contributed by atoms with van der Waals surface area (Å²) in [6.45, 7) is 1.45. The lowest BCUT2D eigenvalue weighted by Gasteiger charge is -2.31. The molecule has 0 fully saturated rings. The number of fused-ring (bicyclic) bond motifs is 1. The van der Waals surface area contributed by atoms with Crippen LogP contribution in [0.15, 0.2) is 42.5 Å². The van der Waals surface area contributed by atoms with Gasteiger partial charge < -0.3 is 19.3 Å². The van der Waals surface area contributed by atoms with E-state index in [1.165, 1.54) is 0 Å². The smallest absolute Gasteiger partial charge is 0.265 e. The number of hydrogen-bond acceptors (Lipinski definition) is 5. The third-order valence-corrected chi connectivity index (χ3v) is 4.81. The maximum atomic E-state index is 12.7. The number of rotatable bonds is 9. The molecule has 1 heterocycles. The van der Waals surface area contributed by atoms with Gasteiger partial charge in [-0.3, -0.25) is 9.59 Å². The molecule has 0 saturated heterocycles. The van der Waals surface area contributed by atoms with Crippen LogP contribution in [0, 0.1) is 0 Å². The number of halogens is 2. The van der Waals surface area contributed by atoms with E-state index in [0.717, 1.165) is 5.75 Å². The van der Waals surface area contributed by atoms with Crippen molar-refractivity contribution in [2.45, 2.75) is 12.8 Å². The fourth-order valence-electron chi connectivity index (χ4n) is 3.12. The third kappa shape index (κ3) is 6.11. The Bertz CT molecular complexity index is 875. The maximum absolute atomic E-state index is 12.7. The number of carbonyl (C=O) groups is 2. The first-order valence-electron chi connectivity index (χ1n) is 9.58. The Labute approximate surface area is 188 Å². The van der Waals surface area contributed by atoms with Crippen LogP contribution >= 0.6 is 24.0 Å². The minimum Gasteiger partial charge on any atom is -0.494 e. The maximum Gasteiger partial charge on any atom is 0.265 e. The number of para-hydroxylation sites is 1. The second-order valence-electron chi connectivity index (χ2n) is 7.13. The summed E-state index contributed by atoms with van der Waals surface area (Å²) >= 11 is 6.26. The fourth-order valence-corrected chi connectivity index (χ4v) is 3.33. The van der Waals surface area contributed by atoms with E-state index < -0.39 is 0 Å². The highest BCUT2D eigenvalue weighted by molar-refractivity contribution is 6.31. The summed E-state index contributed by atoms with van der Waals surface area (Å²) < 4.78 is 11.3. The van der Waals surface area contributed by atoms with E-state index in [2.05, 4.69) is 0 Å². The molecule has 1 aliphatic rings. The van der Waals surface area contributed by atoms with E-state index in [1.807, 2.05) is 49.3 Å². The van der Waals surface area contributed by atoms with Crippen LogP contribution in [0.25, 0.3) is 0 Å². The first-order chi connectivity index (χ1) is 14.0. The number of Topliss-reactive ketones (excluding diaryl/α,β-unsaturated/α-hetero) is 1. The average Bonchev–Trinajstić information content (AvgIpc) is 2.70. The van der Waals surface area contributed by atoms with Crippen molar-refractivity contribution in [2.75, 3.05) is 45.3 Å². The molecule has 6 nitrogen and oxygen atoms in total. The van der Waals surface area contributed by atoms with Gasteiger partial charge in [0.2, 0.25) is 0 Å². The second kappa shape index (κ2) is 11.2. The first-order valence-corrected chi connectivity index (χ1v) is 9.96. The second-order valence-corrected chi connectivity index (χ2v) is 7.56. The largest absolute Gasteiger partial charge is 0.494 e. The zero-order valence-corrected chi connectivity index (χ0v) is 18.7. The predicted molar refractivity (Wildman–Crippen MR) is 121 cm³/mol. The van der Waals surface area contributed by atoms with E-state index in [1.54, 1.807) is 17.0 Å². The lowest BCUT2D eigenvalue weighted by atomic mass is 10.0. The summed E-state index contributed by atoms with van der Waals surface area (Å²) in [6.07, 6.45) is 0.985. The SMILES string of the molecule is CN(C)CCC(=O)c1cc(Cl)cc2c1OCC(=O)N2CCCOc1ccccc1.Cl. The number of benzene rings is 2. The molecule has 0 atom stereocenters. The van der Waals surface area contributed by atoms with Crippen molar-refractivity contribution in [1.29, 1.82) is 0 Å². The molecule has 30 heavy (non-hydrogen) atoms. The number of hydrogen-bond donors (Lipinski definition) is 0. The van der Waals surface area contributed by atoms with Crippen LogP contribution in [0.2, 0.25) is 5.02 Å². The molecule has 1 amide bonds. The topological polar surface area (TPSA) is 59.1 Å². The number of amides is 1. The van der Waals surface area contributed by atoms with Gasteiger partial charge >= 0.3 is 0 Å². The molecule has 2 aromatic rings. The van der Waals surface area contributed by atoms with E-state index in [4.69, 9.17) is 21.1 Å². The van der Waals surface area contributed by atoms with Crippen LogP contribution in [0.1, 0.15) is 23.2 Å². The molecule has 0 aromatic heterocycles. The molecular formula is C22H26Cl2N2O4. The van der Waals surface area contributed by atoms with Crippen LogP contribution in [0.5, 0.6) is 11.5 Å². The van der Waals surface area contributed by atoms with Crippen molar-refractivity contribution >= 4 is 41.4 Å². The van der Waals surface area contributed by atoms with Crippen LogP contribution in [0.4, 0.5) is 5.69 Å². The minimum absolute atomic E-state index is 0. The molecule has 0 N–H and O–H groups in total. The van der Waals surface area contributed by atoms with Crippen molar-refractivity contribution in [2.24, 2.45) is 0 Å². The van der Waals surface area contributed by atoms with E-state index in [9.17, 15) is 9.59 Å². The van der Waals surface area contributed by atoms with Gasteiger partial charge in [0.05, 0.1) is 17.9 Å². The molecule has 3 rings (SSSR count). The lowest BCUT2D eigenvalue weighted by Crippen LogP contribution is -2.40. The average molecular weight is 453 g/mol. The van der Waals surface area contributed by atoms with Gasteiger partial charge in [-0.25, -0.2) is 0 Å². The molecule has 2 aromatic carbocycles. The number of ether oxygens (including phenoxy) is 2. The highest BCUT2D eigenvalue weighted by Gasteiger charge is 2.29. The van der Waals surface area contributed by atoms with E-state index in [0.29, 0.717) is 54.6 Å². The number of carbonyl (C=O) groups excluding carboxylic acids is 2. The summed E-state index contributed by atoms with van der Waals surface area (Å²) in [4.78, 5) is 28.7. The molecule has 0 saturated carbocycles. The summed E-state index contributed by atoms with van der Waals surface area (Å²) in [5, 5.41) is 0.404. The highest BCUT2D eigenvalue weighted by Crippen LogP contribution is 2.39. The number of anilines is 1. The molecule has 0 bridgehead atoms. The van der Waals surface area contributed by atoms with E-state index in [-0.39, 0.29) is 30.7 Å². The molecule has 8 heteroatoms. The highest BCUT2D eigenvalue weighted by atomic mass is 35.5. The van der Waals surface area contributed by atoms with Crippen LogP contribution < -0.4 is 14.4 Å². The molecule has 0 unspecified atom stereocenters. The Morgan fingerprint density at radius 2 is 1.97 bits per heavy atom. The summed E-state index contributed by atoms with van der Waals surface area (Å²) in [7, 11) is 3.82. The lowest BCUT2D eigenvalue weighted by molar-refractivity contribution is -0.121. The Morgan fingerprint density at radius 1 is 1.23 bits per heavy atom. The van der Waals surface area contributed by atoms with Crippen molar-refractivity contribution in [1.82, 2.24) is 4.90 Å². The zero-order valence-electron chi connectivity index (χ0n) is 17.1. The van der Waals surface area contributed by atoms with E-state index >= 15 is 0 Å². The van der Waals surface area contributed by atoms with Gasteiger partial charge in [0.15, 0.2) is 18.1 Å². The number of ketones is 1. The quantitative estimate of drug-likeness (QED) is 0.423. The van der Waals surface area contributed by atoms with Crippen molar-refractivity contribution < 1.29 is 19.1 Å². The van der Waals surface area contributed by atoms with Gasteiger partial charge in [0, 0.05) is 24.5 Å². The monoisotopic (exact) mass is 452 g/mol.